The van der Waals surface area contributed by atoms with Crippen LogP contribution in [0, 0.1) is 0 Å². The van der Waals surface area contributed by atoms with Crippen molar-refractivity contribution in [3.63, 3.8) is 0 Å². The molecule has 1 atom stereocenters. The Bertz CT molecular complexity index is 809. The van der Waals surface area contributed by atoms with Gasteiger partial charge in [-0.1, -0.05) is 11.2 Å². The third-order valence-electron chi connectivity index (χ3n) is 4.32. The summed E-state index contributed by atoms with van der Waals surface area (Å²) < 4.78 is 10.5. The molecule has 1 unspecified atom stereocenters. The van der Waals surface area contributed by atoms with Crippen molar-refractivity contribution < 1.29 is 24.0 Å². The lowest BCUT2D eigenvalue weighted by molar-refractivity contribution is -0.139. The Morgan fingerprint density at radius 3 is 2.88 bits per heavy atom. The van der Waals surface area contributed by atoms with Crippen molar-refractivity contribution in [2.24, 2.45) is 0 Å². The maximum Gasteiger partial charge on any atom is 0.330 e. The molecule has 1 aliphatic carbocycles. The second kappa shape index (κ2) is 5.67. The van der Waals surface area contributed by atoms with E-state index in [1.165, 1.54) is 0 Å². The van der Waals surface area contributed by atoms with E-state index >= 15 is 0 Å². The molecule has 1 aromatic heterocycles. The number of carboxylic acid groups (broad SMARTS) is 1. The Morgan fingerprint density at radius 2 is 2.12 bits per heavy atom. The molecule has 1 fully saturated rings. The van der Waals surface area contributed by atoms with Gasteiger partial charge in [-0.2, -0.15) is 0 Å². The largest absolute Gasteiger partial charge is 0.493 e. The minimum absolute atomic E-state index is 0.0349. The molecular formula is C17H16N2O5. The first-order chi connectivity index (χ1) is 11.6. The third-order valence-corrected chi connectivity index (χ3v) is 4.32. The number of carbonyl (C=O) groups excluding carboxylic acids is 1. The maximum atomic E-state index is 12.3. The predicted molar refractivity (Wildman–Crippen MR) is 82.0 cm³/mol. The van der Waals surface area contributed by atoms with Crippen molar-refractivity contribution in [1.82, 2.24) is 10.5 Å². The van der Waals surface area contributed by atoms with Crippen molar-refractivity contribution in [2.75, 3.05) is 6.61 Å². The third kappa shape index (κ3) is 2.73. The van der Waals surface area contributed by atoms with Crippen LogP contribution in [-0.4, -0.2) is 28.7 Å². The fourth-order valence-corrected chi connectivity index (χ4v) is 2.84. The number of hydrogen-bond donors (Lipinski definition) is 2. The van der Waals surface area contributed by atoms with Crippen LogP contribution >= 0.6 is 0 Å². The molecule has 4 rings (SSSR count). The summed E-state index contributed by atoms with van der Waals surface area (Å²) in [5, 5.41) is 15.9. The minimum Gasteiger partial charge on any atom is -0.493 e. The lowest BCUT2D eigenvalue weighted by Crippen LogP contribution is -2.33. The highest BCUT2D eigenvalue weighted by Crippen LogP contribution is 2.39. The molecule has 7 nitrogen and oxygen atoms in total. The van der Waals surface area contributed by atoms with E-state index in [1.807, 2.05) is 0 Å². The summed E-state index contributed by atoms with van der Waals surface area (Å²) >= 11 is 0. The van der Waals surface area contributed by atoms with Gasteiger partial charge in [0.2, 0.25) is 5.76 Å². The highest BCUT2D eigenvalue weighted by Gasteiger charge is 2.30. The van der Waals surface area contributed by atoms with E-state index in [-0.39, 0.29) is 5.76 Å². The Hall–Kier alpha value is -2.83. The SMILES string of the molecule is O=C(NC(C(=O)O)c1ccc2c(c1)CCO2)c1cc(C2CC2)no1. The molecule has 2 N–H and O–H groups in total. The summed E-state index contributed by atoms with van der Waals surface area (Å²) in [4.78, 5) is 23.9. The summed E-state index contributed by atoms with van der Waals surface area (Å²) in [5.41, 5.74) is 2.20. The van der Waals surface area contributed by atoms with Crippen LogP contribution in [0.5, 0.6) is 5.75 Å². The Balaban J connectivity index is 1.54. The van der Waals surface area contributed by atoms with Crippen molar-refractivity contribution >= 4 is 11.9 Å². The molecule has 0 spiro atoms. The molecule has 1 aromatic carbocycles. The lowest BCUT2D eigenvalue weighted by Gasteiger charge is -2.14. The number of hydrogen-bond acceptors (Lipinski definition) is 5. The van der Waals surface area contributed by atoms with Crippen LogP contribution in [-0.2, 0) is 11.2 Å². The van der Waals surface area contributed by atoms with E-state index in [0.29, 0.717) is 18.1 Å². The average Bonchev–Trinajstić information content (AvgIpc) is 3.11. The highest BCUT2D eigenvalue weighted by molar-refractivity contribution is 5.94. The quantitative estimate of drug-likeness (QED) is 0.871. The fourth-order valence-electron chi connectivity index (χ4n) is 2.84. The van der Waals surface area contributed by atoms with Gasteiger partial charge in [0.05, 0.1) is 12.3 Å². The molecule has 2 heterocycles. The van der Waals surface area contributed by atoms with Crippen LogP contribution in [0.4, 0.5) is 0 Å². The number of aromatic nitrogens is 1. The lowest BCUT2D eigenvalue weighted by atomic mass is 10.0. The molecule has 1 saturated carbocycles. The fraction of sp³-hybridized carbons (Fsp3) is 0.353. The van der Waals surface area contributed by atoms with Crippen molar-refractivity contribution in [3.8, 4) is 5.75 Å². The Labute approximate surface area is 137 Å². The van der Waals surface area contributed by atoms with Crippen LogP contribution in [0.25, 0.3) is 0 Å². The number of rotatable bonds is 5. The molecule has 0 bridgehead atoms. The van der Waals surface area contributed by atoms with Crippen LogP contribution < -0.4 is 10.1 Å². The van der Waals surface area contributed by atoms with Gasteiger partial charge in [0, 0.05) is 18.4 Å². The zero-order valence-electron chi connectivity index (χ0n) is 12.8. The number of benzene rings is 1. The van der Waals surface area contributed by atoms with Crippen molar-refractivity contribution in [3.05, 3.63) is 46.8 Å². The molecule has 0 saturated heterocycles. The molecular weight excluding hydrogens is 312 g/mol. The topological polar surface area (TPSA) is 102 Å². The summed E-state index contributed by atoms with van der Waals surface area (Å²) in [5.74, 6) is -0.559. The van der Waals surface area contributed by atoms with Crippen molar-refractivity contribution in [1.29, 1.82) is 0 Å². The zero-order valence-corrected chi connectivity index (χ0v) is 12.8. The first-order valence-corrected chi connectivity index (χ1v) is 7.88. The van der Waals surface area contributed by atoms with Gasteiger partial charge in [0.15, 0.2) is 6.04 Å². The summed E-state index contributed by atoms with van der Waals surface area (Å²) in [6.07, 6.45) is 2.82. The molecule has 1 amide bonds. The number of nitrogens with one attached hydrogen (secondary N) is 1. The molecule has 124 valence electrons. The van der Waals surface area contributed by atoms with E-state index in [1.54, 1.807) is 24.3 Å². The molecule has 7 heteroatoms. The van der Waals surface area contributed by atoms with Crippen LogP contribution in [0.15, 0.2) is 28.8 Å². The molecule has 2 aliphatic rings. The number of aliphatic carboxylic acids is 1. The highest BCUT2D eigenvalue weighted by atomic mass is 16.5. The van der Waals surface area contributed by atoms with Crippen molar-refractivity contribution in [2.45, 2.75) is 31.2 Å². The van der Waals surface area contributed by atoms with E-state index in [9.17, 15) is 14.7 Å². The van der Waals surface area contributed by atoms with Gasteiger partial charge in [-0.15, -0.1) is 0 Å². The monoisotopic (exact) mass is 328 g/mol. The first kappa shape index (κ1) is 14.7. The van der Waals surface area contributed by atoms with E-state index in [2.05, 4.69) is 10.5 Å². The average molecular weight is 328 g/mol. The normalized spacial score (nSPS) is 17.0. The number of amides is 1. The second-order valence-electron chi connectivity index (χ2n) is 6.10. The number of carbonyl (C=O) groups is 2. The van der Waals surface area contributed by atoms with Gasteiger partial charge in [0.25, 0.3) is 5.91 Å². The van der Waals surface area contributed by atoms with Gasteiger partial charge in [-0.25, -0.2) is 4.79 Å². The summed E-state index contributed by atoms with van der Waals surface area (Å²) in [7, 11) is 0. The number of fused-ring (bicyclic) bond motifs is 1. The van der Waals surface area contributed by atoms with E-state index < -0.39 is 17.9 Å². The number of nitrogens with zero attached hydrogens (tertiary/aromatic N) is 1. The standard InChI is InChI=1S/C17H16N2O5/c20-16(14-8-12(19-24-14)9-1-2-9)18-15(17(21)22)11-3-4-13-10(7-11)5-6-23-13/h3-4,7-9,15H,1-2,5-6H2,(H,18,20)(H,21,22). The number of ether oxygens (including phenoxy) is 1. The van der Waals surface area contributed by atoms with Crippen LogP contribution in [0.2, 0.25) is 0 Å². The second-order valence-corrected chi connectivity index (χ2v) is 6.10. The van der Waals surface area contributed by atoms with Crippen LogP contribution in [0.3, 0.4) is 0 Å². The Morgan fingerprint density at radius 1 is 1.29 bits per heavy atom. The smallest absolute Gasteiger partial charge is 0.330 e. The minimum atomic E-state index is -1.15. The molecule has 1 aliphatic heterocycles. The summed E-state index contributed by atoms with van der Waals surface area (Å²) in [6.45, 7) is 0.588. The van der Waals surface area contributed by atoms with Gasteiger partial charge in [0.1, 0.15) is 5.75 Å². The zero-order chi connectivity index (χ0) is 16.7. The van der Waals surface area contributed by atoms with Gasteiger partial charge in [-0.3, -0.25) is 4.79 Å². The van der Waals surface area contributed by atoms with Gasteiger partial charge < -0.3 is 19.7 Å². The number of carboxylic acids is 1. The Kier molecular flexibility index (Phi) is 3.48. The first-order valence-electron chi connectivity index (χ1n) is 7.88. The van der Waals surface area contributed by atoms with E-state index in [0.717, 1.165) is 36.3 Å². The molecule has 24 heavy (non-hydrogen) atoms. The predicted octanol–water partition coefficient (Wildman–Crippen LogP) is 2.04. The van der Waals surface area contributed by atoms with Crippen LogP contribution in [0.1, 0.15) is 52.2 Å². The van der Waals surface area contributed by atoms with E-state index in [4.69, 9.17) is 9.26 Å². The molecule has 0 radical (unpaired) electrons. The van der Waals surface area contributed by atoms with Gasteiger partial charge >= 0.3 is 5.97 Å². The molecule has 2 aromatic rings. The van der Waals surface area contributed by atoms with Gasteiger partial charge in [-0.05, 0) is 36.1 Å². The summed E-state index contributed by atoms with van der Waals surface area (Å²) in [6, 6.07) is 5.58. The maximum absolute atomic E-state index is 12.3.